The highest BCUT2D eigenvalue weighted by molar-refractivity contribution is 6.21. The molecule has 0 fully saturated rings. The van der Waals surface area contributed by atoms with Gasteiger partial charge in [0.05, 0.1) is 0 Å². The fraction of sp³-hybridized carbons (Fsp3) is 0.400. The Bertz CT molecular complexity index is 285. The SMILES string of the molecule is CCC1NC(Cl)c2ccccc21. The molecule has 2 unspecified atom stereocenters. The predicted molar refractivity (Wildman–Crippen MR) is 51.2 cm³/mol. The molecule has 2 rings (SSSR count). The third kappa shape index (κ3) is 1.13. The fourth-order valence-electron chi connectivity index (χ4n) is 1.75. The Labute approximate surface area is 77.7 Å². The van der Waals surface area contributed by atoms with Crippen LogP contribution in [0.2, 0.25) is 0 Å². The number of halogens is 1. The molecule has 0 bridgehead atoms. The highest BCUT2D eigenvalue weighted by Crippen LogP contribution is 2.36. The molecule has 1 heterocycles. The van der Waals surface area contributed by atoms with Crippen LogP contribution in [0.5, 0.6) is 0 Å². The molecule has 2 atom stereocenters. The lowest BCUT2D eigenvalue weighted by Gasteiger charge is -2.07. The molecule has 1 N–H and O–H groups in total. The van der Waals surface area contributed by atoms with Crippen LogP contribution in [0.4, 0.5) is 0 Å². The first kappa shape index (κ1) is 8.09. The van der Waals surface area contributed by atoms with E-state index in [0.717, 1.165) is 6.42 Å². The zero-order valence-corrected chi connectivity index (χ0v) is 7.81. The smallest absolute Gasteiger partial charge is 0.109 e. The highest BCUT2D eigenvalue weighted by Gasteiger charge is 2.26. The Morgan fingerprint density at radius 3 is 2.67 bits per heavy atom. The number of fused-ring (bicyclic) bond motifs is 1. The van der Waals surface area contributed by atoms with Gasteiger partial charge in [0.2, 0.25) is 0 Å². The molecule has 1 aliphatic heterocycles. The summed E-state index contributed by atoms with van der Waals surface area (Å²) in [5, 5.41) is 3.33. The highest BCUT2D eigenvalue weighted by atomic mass is 35.5. The van der Waals surface area contributed by atoms with Gasteiger partial charge in [-0.2, -0.15) is 0 Å². The summed E-state index contributed by atoms with van der Waals surface area (Å²) in [7, 11) is 0. The topological polar surface area (TPSA) is 12.0 Å². The Morgan fingerprint density at radius 2 is 2.00 bits per heavy atom. The molecule has 0 saturated carbocycles. The lowest BCUT2D eigenvalue weighted by Crippen LogP contribution is -2.12. The summed E-state index contributed by atoms with van der Waals surface area (Å²) in [5.41, 5.74) is 2.61. The summed E-state index contributed by atoms with van der Waals surface area (Å²) in [6.07, 6.45) is 1.10. The van der Waals surface area contributed by atoms with Crippen molar-refractivity contribution >= 4 is 11.6 Å². The summed E-state index contributed by atoms with van der Waals surface area (Å²) in [5.74, 6) is 0. The lowest BCUT2D eigenvalue weighted by atomic mass is 10.0. The van der Waals surface area contributed by atoms with E-state index in [9.17, 15) is 0 Å². The molecule has 0 spiro atoms. The van der Waals surface area contributed by atoms with Crippen molar-refractivity contribution in [2.75, 3.05) is 0 Å². The average molecular weight is 182 g/mol. The summed E-state index contributed by atoms with van der Waals surface area (Å²) < 4.78 is 0. The molecule has 64 valence electrons. The molecular weight excluding hydrogens is 170 g/mol. The van der Waals surface area contributed by atoms with Crippen LogP contribution in [0.1, 0.15) is 36.0 Å². The number of alkyl halides is 1. The van der Waals surface area contributed by atoms with Gasteiger partial charge in [-0.05, 0) is 17.5 Å². The zero-order valence-electron chi connectivity index (χ0n) is 7.05. The summed E-state index contributed by atoms with van der Waals surface area (Å²) in [4.78, 5) is 0. The van der Waals surface area contributed by atoms with Crippen molar-refractivity contribution < 1.29 is 0 Å². The quantitative estimate of drug-likeness (QED) is 0.519. The molecule has 2 heteroatoms. The zero-order chi connectivity index (χ0) is 8.55. The van der Waals surface area contributed by atoms with Gasteiger partial charge in [0, 0.05) is 6.04 Å². The first-order chi connectivity index (χ1) is 5.83. The van der Waals surface area contributed by atoms with Crippen molar-refractivity contribution in [3.8, 4) is 0 Å². The van der Waals surface area contributed by atoms with Crippen molar-refractivity contribution in [1.29, 1.82) is 0 Å². The molecule has 1 nitrogen and oxygen atoms in total. The second kappa shape index (κ2) is 3.08. The molecule has 1 aromatic carbocycles. The second-order valence-electron chi connectivity index (χ2n) is 3.12. The number of rotatable bonds is 1. The summed E-state index contributed by atoms with van der Waals surface area (Å²) in [6, 6.07) is 8.80. The molecule has 1 aromatic rings. The normalized spacial score (nSPS) is 27.2. The lowest BCUT2D eigenvalue weighted by molar-refractivity contribution is 0.557. The first-order valence-electron chi connectivity index (χ1n) is 4.32. The maximum atomic E-state index is 6.11. The van der Waals surface area contributed by atoms with E-state index in [1.54, 1.807) is 0 Å². The third-order valence-electron chi connectivity index (χ3n) is 2.40. The van der Waals surface area contributed by atoms with E-state index in [-0.39, 0.29) is 5.50 Å². The van der Waals surface area contributed by atoms with Gasteiger partial charge in [0.15, 0.2) is 0 Å². The minimum Gasteiger partial charge on any atom is -0.291 e. The number of hydrogen-bond donors (Lipinski definition) is 1. The third-order valence-corrected chi connectivity index (χ3v) is 2.76. The van der Waals surface area contributed by atoms with E-state index in [4.69, 9.17) is 11.6 Å². The van der Waals surface area contributed by atoms with Crippen molar-refractivity contribution in [2.24, 2.45) is 0 Å². The largest absolute Gasteiger partial charge is 0.291 e. The minimum absolute atomic E-state index is 0.00569. The standard InChI is InChI=1S/C10H12ClN/c1-2-9-7-5-3-4-6-8(7)10(11)12-9/h3-6,9-10,12H,2H2,1H3. The van der Waals surface area contributed by atoms with Crippen LogP contribution < -0.4 is 5.32 Å². The molecule has 0 aromatic heterocycles. The minimum atomic E-state index is 0.00569. The molecule has 12 heavy (non-hydrogen) atoms. The Balaban J connectivity index is 2.43. The molecule has 1 aliphatic rings. The van der Waals surface area contributed by atoms with Gasteiger partial charge >= 0.3 is 0 Å². The monoisotopic (exact) mass is 181 g/mol. The van der Waals surface area contributed by atoms with Gasteiger partial charge in [0.25, 0.3) is 0 Å². The van der Waals surface area contributed by atoms with Crippen molar-refractivity contribution in [3.63, 3.8) is 0 Å². The van der Waals surface area contributed by atoms with E-state index in [1.165, 1.54) is 11.1 Å². The van der Waals surface area contributed by atoms with Gasteiger partial charge < -0.3 is 0 Å². The Hall–Kier alpha value is -0.530. The van der Waals surface area contributed by atoms with Gasteiger partial charge in [-0.1, -0.05) is 31.2 Å². The Kier molecular flexibility index (Phi) is 2.07. The van der Waals surface area contributed by atoms with Gasteiger partial charge in [-0.15, -0.1) is 11.6 Å². The van der Waals surface area contributed by atoms with Crippen LogP contribution in [0.3, 0.4) is 0 Å². The number of hydrogen-bond acceptors (Lipinski definition) is 1. The van der Waals surface area contributed by atoms with Crippen LogP contribution in [0.25, 0.3) is 0 Å². The number of benzene rings is 1. The molecule has 0 saturated heterocycles. The van der Waals surface area contributed by atoms with Crippen LogP contribution in [0.15, 0.2) is 24.3 Å². The Morgan fingerprint density at radius 1 is 1.33 bits per heavy atom. The number of nitrogens with one attached hydrogen (secondary N) is 1. The van der Waals surface area contributed by atoms with E-state index in [0.29, 0.717) is 6.04 Å². The first-order valence-corrected chi connectivity index (χ1v) is 4.75. The molecule has 0 aliphatic carbocycles. The van der Waals surface area contributed by atoms with Gasteiger partial charge in [-0.3, -0.25) is 5.32 Å². The summed E-state index contributed by atoms with van der Waals surface area (Å²) in [6.45, 7) is 2.17. The summed E-state index contributed by atoms with van der Waals surface area (Å²) >= 11 is 6.11. The molecule has 0 radical (unpaired) electrons. The molecule has 0 amide bonds. The second-order valence-corrected chi connectivity index (χ2v) is 3.56. The van der Waals surface area contributed by atoms with Gasteiger partial charge in [-0.25, -0.2) is 0 Å². The van der Waals surface area contributed by atoms with Crippen molar-refractivity contribution in [2.45, 2.75) is 24.9 Å². The van der Waals surface area contributed by atoms with E-state index in [2.05, 4.69) is 30.4 Å². The maximum Gasteiger partial charge on any atom is 0.109 e. The fourth-order valence-corrected chi connectivity index (χ4v) is 2.10. The predicted octanol–water partition coefficient (Wildman–Crippen LogP) is 2.98. The van der Waals surface area contributed by atoms with E-state index >= 15 is 0 Å². The van der Waals surface area contributed by atoms with Crippen LogP contribution in [-0.4, -0.2) is 0 Å². The van der Waals surface area contributed by atoms with E-state index in [1.807, 2.05) is 6.07 Å². The van der Waals surface area contributed by atoms with Crippen LogP contribution in [-0.2, 0) is 0 Å². The van der Waals surface area contributed by atoms with E-state index < -0.39 is 0 Å². The molecular formula is C10H12ClN. The van der Waals surface area contributed by atoms with Crippen LogP contribution >= 0.6 is 11.6 Å². The maximum absolute atomic E-state index is 6.11. The average Bonchev–Trinajstić information content (AvgIpc) is 2.44. The van der Waals surface area contributed by atoms with Crippen LogP contribution in [0, 0.1) is 0 Å². The van der Waals surface area contributed by atoms with Gasteiger partial charge in [0.1, 0.15) is 5.50 Å². The van der Waals surface area contributed by atoms with Crippen molar-refractivity contribution in [3.05, 3.63) is 35.4 Å². The van der Waals surface area contributed by atoms with Crippen molar-refractivity contribution in [1.82, 2.24) is 5.32 Å².